The first-order chi connectivity index (χ1) is 14.0. The average molecular weight is 409 g/mol. The van der Waals surface area contributed by atoms with E-state index in [-0.39, 0.29) is 11.8 Å². The van der Waals surface area contributed by atoms with E-state index in [4.69, 9.17) is 16.3 Å². The van der Waals surface area contributed by atoms with E-state index < -0.39 is 0 Å². The molecule has 0 saturated carbocycles. The molecule has 0 aliphatic rings. The van der Waals surface area contributed by atoms with Gasteiger partial charge in [0.1, 0.15) is 5.75 Å². The molecule has 3 aromatic carbocycles. The summed E-state index contributed by atoms with van der Waals surface area (Å²) in [5, 5.41) is 6.13. The van der Waals surface area contributed by atoms with E-state index in [1.165, 1.54) is 0 Å². The van der Waals surface area contributed by atoms with Gasteiger partial charge >= 0.3 is 0 Å². The van der Waals surface area contributed by atoms with Crippen LogP contribution in [0.2, 0.25) is 5.02 Å². The van der Waals surface area contributed by atoms with Crippen LogP contribution in [0.5, 0.6) is 5.75 Å². The van der Waals surface area contributed by atoms with Gasteiger partial charge in [0.25, 0.3) is 11.8 Å². The highest BCUT2D eigenvalue weighted by Gasteiger charge is 2.09. The molecule has 5 nitrogen and oxygen atoms in total. The van der Waals surface area contributed by atoms with E-state index in [2.05, 4.69) is 10.6 Å². The summed E-state index contributed by atoms with van der Waals surface area (Å²) in [7, 11) is 0. The second-order valence-electron chi connectivity index (χ2n) is 6.37. The Morgan fingerprint density at radius 2 is 1.38 bits per heavy atom. The van der Waals surface area contributed by atoms with Crippen LogP contribution in [0.3, 0.4) is 0 Å². The number of nitrogens with one attached hydrogen (secondary N) is 2. The molecule has 3 aromatic rings. The van der Waals surface area contributed by atoms with Crippen molar-refractivity contribution < 1.29 is 14.3 Å². The molecule has 148 valence electrons. The van der Waals surface area contributed by atoms with Gasteiger partial charge in [0.2, 0.25) is 0 Å². The van der Waals surface area contributed by atoms with Crippen LogP contribution < -0.4 is 15.4 Å². The van der Waals surface area contributed by atoms with Crippen molar-refractivity contribution in [1.29, 1.82) is 0 Å². The Balaban J connectivity index is 1.61. The number of amides is 2. The Kier molecular flexibility index (Phi) is 6.87. The fourth-order valence-corrected chi connectivity index (χ4v) is 2.81. The Hall–Kier alpha value is -3.31. The molecule has 0 aliphatic carbocycles. The predicted molar refractivity (Wildman–Crippen MR) is 116 cm³/mol. The topological polar surface area (TPSA) is 67.4 Å². The van der Waals surface area contributed by atoms with E-state index in [1.807, 2.05) is 13.0 Å². The molecule has 0 heterocycles. The molecule has 0 radical (unpaired) electrons. The number of ether oxygens (including phenoxy) is 1. The van der Waals surface area contributed by atoms with Crippen LogP contribution in [-0.2, 0) is 0 Å². The van der Waals surface area contributed by atoms with Crippen molar-refractivity contribution in [2.45, 2.75) is 13.3 Å². The second kappa shape index (κ2) is 9.75. The van der Waals surface area contributed by atoms with Crippen molar-refractivity contribution in [2.24, 2.45) is 0 Å². The Morgan fingerprint density at radius 3 is 1.93 bits per heavy atom. The highest BCUT2D eigenvalue weighted by Crippen LogP contribution is 2.18. The number of hydrogen-bond acceptors (Lipinski definition) is 3. The first-order valence-corrected chi connectivity index (χ1v) is 9.64. The van der Waals surface area contributed by atoms with Gasteiger partial charge in [-0.25, -0.2) is 0 Å². The molecule has 2 N–H and O–H groups in total. The molecule has 3 rings (SSSR count). The summed E-state index contributed by atoms with van der Waals surface area (Å²) in [4.78, 5) is 24.7. The minimum atomic E-state index is -0.256. The molecule has 0 aliphatic heterocycles. The molecule has 0 aromatic heterocycles. The zero-order valence-corrected chi connectivity index (χ0v) is 16.7. The van der Waals surface area contributed by atoms with Gasteiger partial charge in [-0.05, 0) is 67.1 Å². The van der Waals surface area contributed by atoms with Crippen molar-refractivity contribution in [2.75, 3.05) is 17.2 Å². The maximum atomic E-state index is 12.5. The van der Waals surface area contributed by atoms with Crippen LogP contribution in [0.1, 0.15) is 34.1 Å². The van der Waals surface area contributed by atoms with E-state index in [1.54, 1.807) is 66.7 Å². The van der Waals surface area contributed by atoms with Gasteiger partial charge in [0.05, 0.1) is 6.61 Å². The summed E-state index contributed by atoms with van der Waals surface area (Å²) in [5.41, 5.74) is 2.22. The average Bonchev–Trinajstić information content (AvgIpc) is 2.74. The minimum absolute atomic E-state index is 0.234. The number of anilines is 2. The summed E-state index contributed by atoms with van der Waals surface area (Å²) in [6.07, 6.45) is 0.899. The lowest BCUT2D eigenvalue weighted by Gasteiger charge is -2.09. The van der Waals surface area contributed by atoms with Crippen molar-refractivity contribution in [3.05, 3.63) is 88.9 Å². The van der Waals surface area contributed by atoms with Crippen LogP contribution in [0.25, 0.3) is 0 Å². The summed E-state index contributed by atoms with van der Waals surface area (Å²) < 4.78 is 5.56. The summed E-state index contributed by atoms with van der Waals surface area (Å²) in [5.74, 6) is 0.175. The highest BCUT2D eigenvalue weighted by molar-refractivity contribution is 6.31. The lowest BCUT2D eigenvalue weighted by atomic mass is 10.2. The summed E-state index contributed by atoms with van der Waals surface area (Å²) >= 11 is 5.92. The van der Waals surface area contributed by atoms with Crippen molar-refractivity contribution in [3.8, 4) is 5.75 Å². The summed E-state index contributed by atoms with van der Waals surface area (Å²) in [6, 6.07) is 20.7. The fourth-order valence-electron chi connectivity index (χ4n) is 2.62. The van der Waals surface area contributed by atoms with Gasteiger partial charge in [-0.2, -0.15) is 0 Å². The lowest BCUT2D eigenvalue weighted by molar-refractivity contribution is 0.101. The number of carbonyl (C=O) groups excluding carboxylic acids is 2. The standard InChI is InChI=1S/C23H21ClN2O3/c1-2-13-29-21-8-4-6-17(15-21)23(28)26-20-11-9-19(10-12-20)25-22(27)16-5-3-7-18(24)14-16/h3-12,14-15H,2,13H2,1H3,(H,25,27)(H,26,28). The van der Waals surface area contributed by atoms with Crippen molar-refractivity contribution >= 4 is 34.8 Å². The molecule has 0 atom stereocenters. The zero-order valence-electron chi connectivity index (χ0n) is 15.9. The second-order valence-corrected chi connectivity index (χ2v) is 6.81. The van der Waals surface area contributed by atoms with Crippen molar-refractivity contribution in [1.82, 2.24) is 0 Å². The van der Waals surface area contributed by atoms with E-state index in [9.17, 15) is 9.59 Å². The van der Waals surface area contributed by atoms with E-state index in [0.29, 0.717) is 39.9 Å². The number of rotatable bonds is 7. The molecule has 0 unspecified atom stereocenters. The largest absolute Gasteiger partial charge is 0.494 e. The predicted octanol–water partition coefficient (Wildman–Crippen LogP) is 5.63. The highest BCUT2D eigenvalue weighted by atomic mass is 35.5. The molecule has 29 heavy (non-hydrogen) atoms. The number of hydrogen-bond donors (Lipinski definition) is 2. The lowest BCUT2D eigenvalue weighted by Crippen LogP contribution is -2.13. The van der Waals surface area contributed by atoms with Crippen LogP contribution in [0.4, 0.5) is 11.4 Å². The van der Waals surface area contributed by atoms with Gasteiger partial charge in [-0.15, -0.1) is 0 Å². The SMILES string of the molecule is CCCOc1cccc(C(=O)Nc2ccc(NC(=O)c3cccc(Cl)c3)cc2)c1. The normalized spacial score (nSPS) is 10.3. The number of benzene rings is 3. The summed E-state index contributed by atoms with van der Waals surface area (Å²) in [6.45, 7) is 2.63. The van der Waals surface area contributed by atoms with Gasteiger partial charge in [0.15, 0.2) is 0 Å². The third-order valence-corrected chi connectivity index (χ3v) is 4.29. The molecule has 0 saturated heterocycles. The van der Waals surface area contributed by atoms with Gasteiger partial charge < -0.3 is 15.4 Å². The Bertz CT molecular complexity index is 1000. The van der Waals surface area contributed by atoms with Crippen LogP contribution >= 0.6 is 11.6 Å². The maximum absolute atomic E-state index is 12.5. The zero-order chi connectivity index (χ0) is 20.6. The molecular weight excluding hydrogens is 388 g/mol. The molecular formula is C23H21ClN2O3. The molecule has 0 fully saturated rings. The number of halogens is 1. The van der Waals surface area contributed by atoms with Crippen LogP contribution in [0, 0.1) is 0 Å². The van der Waals surface area contributed by atoms with Crippen LogP contribution in [0.15, 0.2) is 72.8 Å². The maximum Gasteiger partial charge on any atom is 0.255 e. The first-order valence-electron chi connectivity index (χ1n) is 9.26. The van der Waals surface area contributed by atoms with E-state index >= 15 is 0 Å². The Labute approximate surface area is 174 Å². The molecule has 6 heteroatoms. The molecule has 0 bridgehead atoms. The third kappa shape index (κ3) is 5.83. The quantitative estimate of drug-likeness (QED) is 0.532. The van der Waals surface area contributed by atoms with Crippen LogP contribution in [-0.4, -0.2) is 18.4 Å². The van der Waals surface area contributed by atoms with Gasteiger partial charge in [-0.3, -0.25) is 9.59 Å². The van der Waals surface area contributed by atoms with Crippen molar-refractivity contribution in [3.63, 3.8) is 0 Å². The van der Waals surface area contributed by atoms with E-state index in [0.717, 1.165) is 6.42 Å². The number of carbonyl (C=O) groups is 2. The molecule has 2 amide bonds. The molecule has 0 spiro atoms. The van der Waals surface area contributed by atoms with Gasteiger partial charge in [0, 0.05) is 27.5 Å². The fraction of sp³-hybridized carbons (Fsp3) is 0.130. The smallest absolute Gasteiger partial charge is 0.255 e. The first kappa shape index (κ1) is 20.4. The monoisotopic (exact) mass is 408 g/mol. The van der Waals surface area contributed by atoms with Gasteiger partial charge in [-0.1, -0.05) is 30.7 Å². The Morgan fingerprint density at radius 1 is 0.828 bits per heavy atom. The third-order valence-electron chi connectivity index (χ3n) is 4.06. The minimum Gasteiger partial charge on any atom is -0.494 e.